The molecule has 2 heteroatoms. The summed E-state index contributed by atoms with van der Waals surface area (Å²) in [6.07, 6.45) is 6.24. The molecule has 0 aromatic carbocycles. The van der Waals surface area contributed by atoms with E-state index in [9.17, 15) is 5.11 Å². The van der Waals surface area contributed by atoms with E-state index in [0.717, 1.165) is 25.6 Å². The van der Waals surface area contributed by atoms with Crippen molar-refractivity contribution in [2.24, 2.45) is 0 Å². The zero-order chi connectivity index (χ0) is 10.6. The summed E-state index contributed by atoms with van der Waals surface area (Å²) >= 11 is 0. The number of hydrogen-bond donors (Lipinski definition) is 1. The zero-order valence-electron chi connectivity index (χ0n) is 9.92. The highest BCUT2D eigenvalue weighted by atomic mass is 16.3. The summed E-state index contributed by atoms with van der Waals surface area (Å²) in [6.45, 7) is 8.11. The lowest BCUT2D eigenvalue weighted by molar-refractivity contribution is 0.00535. The standard InChI is InChI=1S/C12H25NO/c1-4-12(3,14)10-13(5-2)11-8-6-7-9-11/h11,14H,4-10H2,1-3H3. The third-order valence-electron chi connectivity index (χ3n) is 3.55. The summed E-state index contributed by atoms with van der Waals surface area (Å²) in [6, 6.07) is 0.734. The van der Waals surface area contributed by atoms with Crippen LogP contribution in [0.1, 0.15) is 52.9 Å². The Morgan fingerprint density at radius 1 is 1.29 bits per heavy atom. The minimum Gasteiger partial charge on any atom is -0.389 e. The van der Waals surface area contributed by atoms with Gasteiger partial charge in [-0.2, -0.15) is 0 Å². The van der Waals surface area contributed by atoms with Crippen LogP contribution in [0.4, 0.5) is 0 Å². The summed E-state index contributed by atoms with van der Waals surface area (Å²) in [5.41, 5.74) is -0.501. The Hall–Kier alpha value is -0.0800. The quantitative estimate of drug-likeness (QED) is 0.735. The highest BCUT2D eigenvalue weighted by molar-refractivity contribution is 4.82. The summed E-state index contributed by atoms with van der Waals surface area (Å²) in [5, 5.41) is 10.0. The van der Waals surface area contributed by atoms with E-state index < -0.39 is 5.60 Å². The van der Waals surface area contributed by atoms with Crippen molar-refractivity contribution in [1.29, 1.82) is 0 Å². The average molecular weight is 199 g/mol. The Bertz CT molecular complexity index is 162. The van der Waals surface area contributed by atoms with E-state index in [2.05, 4.69) is 18.7 Å². The van der Waals surface area contributed by atoms with Crippen LogP contribution in [-0.2, 0) is 0 Å². The van der Waals surface area contributed by atoms with Gasteiger partial charge >= 0.3 is 0 Å². The van der Waals surface area contributed by atoms with Gasteiger partial charge in [-0.15, -0.1) is 0 Å². The second kappa shape index (κ2) is 5.13. The van der Waals surface area contributed by atoms with Crippen molar-refractivity contribution in [2.45, 2.75) is 64.5 Å². The number of nitrogens with zero attached hydrogens (tertiary/aromatic N) is 1. The van der Waals surface area contributed by atoms with Crippen LogP contribution in [0.15, 0.2) is 0 Å². The molecule has 2 nitrogen and oxygen atoms in total. The Morgan fingerprint density at radius 3 is 2.29 bits per heavy atom. The lowest BCUT2D eigenvalue weighted by atomic mass is 10.0. The van der Waals surface area contributed by atoms with Crippen LogP contribution in [-0.4, -0.2) is 34.7 Å². The molecule has 0 bridgehead atoms. The van der Waals surface area contributed by atoms with Crippen LogP contribution in [0, 0.1) is 0 Å². The van der Waals surface area contributed by atoms with Gasteiger partial charge in [0, 0.05) is 12.6 Å². The van der Waals surface area contributed by atoms with Crippen LogP contribution in [0.5, 0.6) is 0 Å². The summed E-state index contributed by atoms with van der Waals surface area (Å²) < 4.78 is 0. The van der Waals surface area contributed by atoms with Crippen molar-refractivity contribution >= 4 is 0 Å². The molecule has 0 aliphatic heterocycles. The third kappa shape index (κ3) is 3.25. The number of aliphatic hydroxyl groups is 1. The first-order chi connectivity index (χ1) is 6.59. The molecular formula is C12H25NO. The largest absolute Gasteiger partial charge is 0.389 e. The third-order valence-corrected chi connectivity index (χ3v) is 3.55. The normalized spacial score (nSPS) is 22.9. The summed E-state index contributed by atoms with van der Waals surface area (Å²) in [5.74, 6) is 0. The smallest absolute Gasteiger partial charge is 0.0743 e. The maximum absolute atomic E-state index is 10.0. The first-order valence-corrected chi connectivity index (χ1v) is 6.05. The minimum atomic E-state index is -0.501. The van der Waals surface area contributed by atoms with Gasteiger partial charge in [0.05, 0.1) is 5.60 Å². The molecule has 0 radical (unpaired) electrons. The first-order valence-electron chi connectivity index (χ1n) is 6.05. The van der Waals surface area contributed by atoms with Crippen LogP contribution in [0.2, 0.25) is 0 Å². The van der Waals surface area contributed by atoms with Crippen molar-refractivity contribution in [3.05, 3.63) is 0 Å². The van der Waals surface area contributed by atoms with Gasteiger partial charge in [-0.05, 0) is 32.7 Å². The molecule has 0 amide bonds. The molecule has 0 spiro atoms. The van der Waals surface area contributed by atoms with Gasteiger partial charge in [0.1, 0.15) is 0 Å². The molecule has 1 unspecified atom stereocenters. The fourth-order valence-corrected chi connectivity index (χ4v) is 2.32. The van der Waals surface area contributed by atoms with Gasteiger partial charge in [-0.3, -0.25) is 4.90 Å². The molecule has 1 aliphatic carbocycles. The molecule has 1 fully saturated rings. The van der Waals surface area contributed by atoms with Crippen molar-refractivity contribution < 1.29 is 5.11 Å². The monoisotopic (exact) mass is 199 g/mol. The highest BCUT2D eigenvalue weighted by Crippen LogP contribution is 2.25. The van der Waals surface area contributed by atoms with Crippen molar-refractivity contribution in [3.8, 4) is 0 Å². The molecule has 84 valence electrons. The maximum atomic E-state index is 10.0. The van der Waals surface area contributed by atoms with Gasteiger partial charge in [-0.25, -0.2) is 0 Å². The van der Waals surface area contributed by atoms with Gasteiger partial charge in [-0.1, -0.05) is 26.7 Å². The molecule has 1 rings (SSSR count). The molecule has 0 aromatic rings. The van der Waals surface area contributed by atoms with Crippen LogP contribution >= 0.6 is 0 Å². The first kappa shape index (κ1) is 12.0. The van der Waals surface area contributed by atoms with E-state index in [1.807, 2.05) is 6.92 Å². The lowest BCUT2D eigenvalue weighted by Gasteiger charge is -2.34. The molecule has 1 saturated carbocycles. The topological polar surface area (TPSA) is 23.5 Å². The predicted octanol–water partition coefficient (Wildman–Crippen LogP) is 2.41. The van der Waals surface area contributed by atoms with E-state index >= 15 is 0 Å². The number of likely N-dealkylation sites (N-methyl/N-ethyl adjacent to an activating group) is 1. The van der Waals surface area contributed by atoms with Gasteiger partial charge in [0.2, 0.25) is 0 Å². The fraction of sp³-hybridized carbons (Fsp3) is 1.00. The highest BCUT2D eigenvalue weighted by Gasteiger charge is 2.27. The van der Waals surface area contributed by atoms with Crippen molar-refractivity contribution in [3.63, 3.8) is 0 Å². The van der Waals surface area contributed by atoms with Gasteiger partial charge in [0.15, 0.2) is 0 Å². The average Bonchev–Trinajstić information content (AvgIpc) is 2.67. The lowest BCUT2D eigenvalue weighted by Crippen LogP contribution is -2.44. The Labute approximate surface area is 88.3 Å². The van der Waals surface area contributed by atoms with Gasteiger partial charge < -0.3 is 5.11 Å². The van der Waals surface area contributed by atoms with E-state index in [4.69, 9.17) is 0 Å². The Balaban J connectivity index is 2.45. The molecule has 0 saturated heterocycles. The summed E-state index contributed by atoms with van der Waals surface area (Å²) in [4.78, 5) is 2.45. The van der Waals surface area contributed by atoms with Crippen molar-refractivity contribution in [2.75, 3.05) is 13.1 Å². The predicted molar refractivity (Wildman–Crippen MR) is 60.4 cm³/mol. The second-order valence-electron chi connectivity index (χ2n) is 4.85. The van der Waals surface area contributed by atoms with E-state index in [-0.39, 0.29) is 0 Å². The molecule has 1 atom stereocenters. The SMILES string of the molecule is CCN(CC(C)(O)CC)C1CCCC1. The summed E-state index contributed by atoms with van der Waals surface area (Å²) in [7, 11) is 0. The van der Waals surface area contributed by atoms with Gasteiger partial charge in [0.25, 0.3) is 0 Å². The van der Waals surface area contributed by atoms with Crippen molar-refractivity contribution in [1.82, 2.24) is 4.90 Å². The minimum absolute atomic E-state index is 0.501. The van der Waals surface area contributed by atoms with E-state index in [0.29, 0.717) is 0 Å². The zero-order valence-corrected chi connectivity index (χ0v) is 9.92. The maximum Gasteiger partial charge on any atom is 0.0743 e. The fourth-order valence-electron chi connectivity index (χ4n) is 2.32. The van der Waals surface area contributed by atoms with Crippen LogP contribution in [0.3, 0.4) is 0 Å². The molecular weight excluding hydrogens is 174 g/mol. The van der Waals surface area contributed by atoms with E-state index in [1.165, 1.54) is 25.7 Å². The Morgan fingerprint density at radius 2 is 1.86 bits per heavy atom. The molecule has 1 aliphatic rings. The second-order valence-corrected chi connectivity index (χ2v) is 4.85. The van der Waals surface area contributed by atoms with E-state index in [1.54, 1.807) is 0 Å². The number of rotatable bonds is 5. The molecule has 0 aromatic heterocycles. The molecule has 1 N–H and O–H groups in total. The number of hydrogen-bond acceptors (Lipinski definition) is 2. The Kier molecular flexibility index (Phi) is 4.39. The van der Waals surface area contributed by atoms with Crippen LogP contribution < -0.4 is 0 Å². The molecule has 0 heterocycles. The molecule has 14 heavy (non-hydrogen) atoms. The van der Waals surface area contributed by atoms with Crippen LogP contribution in [0.25, 0.3) is 0 Å².